The maximum absolute atomic E-state index is 6.25. The van der Waals surface area contributed by atoms with Crippen LogP contribution in [0, 0.1) is 17.8 Å². The van der Waals surface area contributed by atoms with E-state index in [2.05, 4.69) is 46.4 Å². The van der Waals surface area contributed by atoms with Crippen molar-refractivity contribution in [1.82, 2.24) is 4.90 Å². The van der Waals surface area contributed by atoms with E-state index in [4.69, 9.17) is 5.73 Å². The van der Waals surface area contributed by atoms with Crippen LogP contribution in [0.2, 0.25) is 0 Å². The van der Waals surface area contributed by atoms with Crippen LogP contribution in [0.4, 0.5) is 0 Å². The predicted octanol–water partition coefficient (Wildman–Crippen LogP) is 3.51. The molecule has 0 radical (unpaired) electrons. The predicted molar refractivity (Wildman–Crippen MR) is 80.6 cm³/mol. The molecular formula is C16H34N2. The summed E-state index contributed by atoms with van der Waals surface area (Å²) >= 11 is 0. The number of hydrogen-bond donors (Lipinski definition) is 1. The summed E-state index contributed by atoms with van der Waals surface area (Å²) in [6, 6.07) is 0.695. The molecule has 108 valence electrons. The molecule has 0 aromatic rings. The van der Waals surface area contributed by atoms with Crippen molar-refractivity contribution in [3.8, 4) is 0 Å². The fourth-order valence-electron chi connectivity index (χ4n) is 4.08. The lowest BCUT2D eigenvalue weighted by atomic mass is 9.80. The molecule has 0 aliphatic carbocycles. The Hall–Kier alpha value is -0.0800. The zero-order valence-electron chi connectivity index (χ0n) is 13.4. The normalized spacial score (nSPS) is 26.5. The second kappa shape index (κ2) is 6.38. The summed E-state index contributed by atoms with van der Waals surface area (Å²) in [5.74, 6) is 2.26. The molecule has 2 nitrogen and oxygen atoms in total. The minimum Gasteiger partial charge on any atom is -0.329 e. The molecule has 2 N–H and O–H groups in total. The largest absolute Gasteiger partial charge is 0.329 e. The van der Waals surface area contributed by atoms with Gasteiger partial charge in [0.1, 0.15) is 0 Å². The van der Waals surface area contributed by atoms with E-state index in [1.807, 2.05) is 0 Å². The van der Waals surface area contributed by atoms with E-state index in [1.54, 1.807) is 0 Å². The number of likely N-dealkylation sites (tertiary alicyclic amines) is 1. The average Bonchev–Trinajstić information content (AvgIpc) is 2.55. The van der Waals surface area contributed by atoms with E-state index >= 15 is 0 Å². The van der Waals surface area contributed by atoms with Crippen LogP contribution in [-0.2, 0) is 0 Å². The van der Waals surface area contributed by atoms with Crippen molar-refractivity contribution in [1.29, 1.82) is 0 Å². The Morgan fingerprint density at radius 3 is 1.89 bits per heavy atom. The van der Waals surface area contributed by atoms with Gasteiger partial charge in [0.2, 0.25) is 0 Å². The van der Waals surface area contributed by atoms with Gasteiger partial charge in [-0.25, -0.2) is 0 Å². The molecule has 0 aromatic heterocycles. The van der Waals surface area contributed by atoms with Gasteiger partial charge in [0.15, 0.2) is 0 Å². The van der Waals surface area contributed by atoms with Crippen molar-refractivity contribution < 1.29 is 0 Å². The van der Waals surface area contributed by atoms with E-state index in [0.29, 0.717) is 6.04 Å². The first-order valence-corrected chi connectivity index (χ1v) is 7.77. The van der Waals surface area contributed by atoms with Gasteiger partial charge in [0, 0.05) is 24.7 Å². The van der Waals surface area contributed by atoms with Crippen LogP contribution in [0.3, 0.4) is 0 Å². The highest BCUT2D eigenvalue weighted by Crippen LogP contribution is 2.37. The third kappa shape index (κ3) is 3.71. The number of nitrogens with two attached hydrogens (primary N) is 1. The summed E-state index contributed by atoms with van der Waals surface area (Å²) in [6.07, 6.45) is 3.80. The van der Waals surface area contributed by atoms with Gasteiger partial charge in [-0.15, -0.1) is 0 Å². The molecule has 2 unspecified atom stereocenters. The van der Waals surface area contributed by atoms with Crippen molar-refractivity contribution >= 4 is 0 Å². The van der Waals surface area contributed by atoms with Crippen LogP contribution in [0.1, 0.15) is 60.8 Å². The minimum absolute atomic E-state index is 0.229. The minimum atomic E-state index is 0.229. The molecule has 1 aliphatic rings. The van der Waals surface area contributed by atoms with Crippen LogP contribution < -0.4 is 5.73 Å². The zero-order chi connectivity index (χ0) is 13.9. The lowest BCUT2D eigenvalue weighted by Gasteiger charge is -2.46. The van der Waals surface area contributed by atoms with Crippen LogP contribution in [0.25, 0.3) is 0 Å². The second-order valence-electron chi connectivity index (χ2n) is 7.47. The van der Waals surface area contributed by atoms with E-state index in [9.17, 15) is 0 Å². The summed E-state index contributed by atoms with van der Waals surface area (Å²) in [4.78, 5) is 2.73. The highest BCUT2D eigenvalue weighted by Gasteiger charge is 2.42. The third-order valence-corrected chi connectivity index (χ3v) is 4.35. The summed E-state index contributed by atoms with van der Waals surface area (Å²) in [7, 11) is 0. The van der Waals surface area contributed by atoms with Crippen molar-refractivity contribution in [3.63, 3.8) is 0 Å². The zero-order valence-corrected chi connectivity index (χ0v) is 13.4. The molecular weight excluding hydrogens is 220 g/mol. The van der Waals surface area contributed by atoms with E-state index in [-0.39, 0.29) is 5.54 Å². The first-order chi connectivity index (χ1) is 8.30. The second-order valence-corrected chi connectivity index (χ2v) is 7.47. The standard InChI is InChI=1S/C16H34N2/c1-12(2)8-16(11-17,9-13(3)4)18-10-14(5)7-15(18)6/h12-15H,7-11,17H2,1-6H3. The lowest BCUT2D eigenvalue weighted by Crippen LogP contribution is -2.56. The molecule has 0 aromatic carbocycles. The van der Waals surface area contributed by atoms with Crippen LogP contribution in [0.15, 0.2) is 0 Å². The van der Waals surface area contributed by atoms with Crippen molar-refractivity contribution in [2.24, 2.45) is 23.5 Å². The van der Waals surface area contributed by atoms with Gasteiger partial charge in [-0.05, 0) is 43.9 Å². The van der Waals surface area contributed by atoms with Crippen molar-refractivity contribution in [2.45, 2.75) is 72.4 Å². The summed E-state index contributed by atoms with van der Waals surface area (Å²) < 4.78 is 0. The smallest absolute Gasteiger partial charge is 0.0339 e. The monoisotopic (exact) mass is 254 g/mol. The Morgan fingerprint density at radius 1 is 1.11 bits per heavy atom. The van der Waals surface area contributed by atoms with Gasteiger partial charge in [0.05, 0.1) is 0 Å². The van der Waals surface area contributed by atoms with Crippen LogP contribution in [0.5, 0.6) is 0 Å². The Labute approximate surface area is 114 Å². The maximum atomic E-state index is 6.25. The van der Waals surface area contributed by atoms with Gasteiger partial charge in [0.25, 0.3) is 0 Å². The summed E-state index contributed by atoms with van der Waals surface area (Å²) in [5.41, 5.74) is 6.48. The fourth-order valence-corrected chi connectivity index (χ4v) is 4.08. The highest BCUT2D eigenvalue weighted by atomic mass is 15.3. The molecule has 2 atom stereocenters. The third-order valence-electron chi connectivity index (χ3n) is 4.35. The molecule has 1 heterocycles. The van der Waals surface area contributed by atoms with Crippen LogP contribution in [-0.4, -0.2) is 29.6 Å². The van der Waals surface area contributed by atoms with Crippen molar-refractivity contribution in [2.75, 3.05) is 13.1 Å². The van der Waals surface area contributed by atoms with Gasteiger partial charge in [-0.1, -0.05) is 34.6 Å². The topological polar surface area (TPSA) is 29.3 Å². The summed E-state index contributed by atoms with van der Waals surface area (Å²) in [6.45, 7) is 16.1. The molecule has 18 heavy (non-hydrogen) atoms. The molecule has 0 bridgehead atoms. The molecule has 0 spiro atoms. The summed E-state index contributed by atoms with van der Waals surface area (Å²) in [5, 5.41) is 0. The lowest BCUT2D eigenvalue weighted by molar-refractivity contribution is 0.0456. The van der Waals surface area contributed by atoms with Gasteiger partial charge >= 0.3 is 0 Å². The number of rotatable bonds is 6. The Kier molecular flexibility index (Phi) is 5.67. The molecule has 2 heteroatoms. The Morgan fingerprint density at radius 2 is 1.61 bits per heavy atom. The van der Waals surface area contributed by atoms with Gasteiger partial charge < -0.3 is 5.73 Å². The first kappa shape index (κ1) is 16.0. The van der Waals surface area contributed by atoms with E-state index in [0.717, 1.165) is 24.3 Å². The van der Waals surface area contributed by atoms with Gasteiger partial charge in [-0.3, -0.25) is 4.90 Å². The number of nitrogens with zero attached hydrogens (tertiary/aromatic N) is 1. The molecule has 0 amide bonds. The highest BCUT2D eigenvalue weighted by molar-refractivity contribution is 4.99. The fraction of sp³-hybridized carbons (Fsp3) is 1.00. The van der Waals surface area contributed by atoms with Gasteiger partial charge in [-0.2, -0.15) is 0 Å². The Balaban J connectivity index is 2.93. The first-order valence-electron chi connectivity index (χ1n) is 7.77. The van der Waals surface area contributed by atoms with Crippen LogP contribution >= 0.6 is 0 Å². The molecule has 0 saturated carbocycles. The quantitative estimate of drug-likeness (QED) is 0.786. The average molecular weight is 254 g/mol. The maximum Gasteiger partial charge on any atom is 0.0339 e. The molecule has 1 rings (SSSR count). The molecule has 1 aliphatic heterocycles. The molecule has 1 saturated heterocycles. The van der Waals surface area contributed by atoms with E-state index < -0.39 is 0 Å². The number of hydrogen-bond acceptors (Lipinski definition) is 2. The Bertz CT molecular complexity index is 237. The van der Waals surface area contributed by atoms with E-state index in [1.165, 1.54) is 25.8 Å². The SMILES string of the molecule is CC(C)CC(CN)(CC(C)C)N1CC(C)CC1C. The molecule has 1 fully saturated rings. The van der Waals surface area contributed by atoms with Crippen molar-refractivity contribution in [3.05, 3.63) is 0 Å².